The molecule has 0 aliphatic heterocycles. The molecule has 0 radical (unpaired) electrons. The van der Waals surface area contributed by atoms with Gasteiger partial charge in [-0.3, -0.25) is 4.79 Å². The van der Waals surface area contributed by atoms with Crippen LogP contribution in [0.3, 0.4) is 0 Å². The first-order valence-corrected chi connectivity index (χ1v) is 15.4. The lowest BCUT2D eigenvalue weighted by molar-refractivity contribution is -0.374. The number of rotatable bonds is 8. The molecular formula is C25H23N2O7S3+. The van der Waals surface area contributed by atoms with E-state index < -0.39 is 19.7 Å². The van der Waals surface area contributed by atoms with E-state index in [1.165, 1.54) is 59.9 Å². The van der Waals surface area contributed by atoms with Crippen LogP contribution >= 0.6 is 11.3 Å². The van der Waals surface area contributed by atoms with Crippen molar-refractivity contribution in [3.63, 3.8) is 0 Å². The highest BCUT2D eigenvalue weighted by molar-refractivity contribution is 7.91. The van der Waals surface area contributed by atoms with Crippen LogP contribution in [0.4, 0.5) is 5.69 Å². The van der Waals surface area contributed by atoms with Crippen molar-refractivity contribution in [3.8, 4) is 23.0 Å². The van der Waals surface area contributed by atoms with Gasteiger partial charge >= 0.3 is 10.9 Å². The molecule has 0 aliphatic carbocycles. The van der Waals surface area contributed by atoms with Crippen LogP contribution in [-0.2, 0) is 19.7 Å². The van der Waals surface area contributed by atoms with Gasteiger partial charge in [0.25, 0.3) is 0 Å². The quantitative estimate of drug-likeness (QED) is 0.336. The van der Waals surface area contributed by atoms with E-state index >= 15 is 0 Å². The SMILES string of the molecule is Cc1c[nH+]c(C(=O)Nc2cc(Oc3ccc(S(C)(=O)=O)cc3)cc(Oc3ccc(S(C)(=O)=O)cc3)c2)s1. The summed E-state index contributed by atoms with van der Waals surface area (Å²) in [6, 6.07) is 16.6. The number of aryl methyl sites for hydroxylation is 1. The highest BCUT2D eigenvalue weighted by atomic mass is 32.2. The number of ether oxygens (including phenoxy) is 2. The molecule has 0 atom stereocenters. The Labute approximate surface area is 218 Å². The van der Waals surface area contributed by atoms with E-state index in [0.29, 0.717) is 33.7 Å². The molecule has 4 rings (SSSR count). The van der Waals surface area contributed by atoms with Gasteiger partial charge in [0.05, 0.1) is 14.7 Å². The zero-order valence-electron chi connectivity index (χ0n) is 20.0. The Bertz CT molecular complexity index is 1560. The summed E-state index contributed by atoms with van der Waals surface area (Å²) in [6.07, 6.45) is 3.97. The number of benzene rings is 3. The summed E-state index contributed by atoms with van der Waals surface area (Å²) in [5.41, 5.74) is 0.387. The number of thiazole rings is 1. The second-order valence-electron chi connectivity index (χ2n) is 8.17. The van der Waals surface area contributed by atoms with Gasteiger partial charge in [-0.25, -0.2) is 16.8 Å². The number of carbonyl (C=O) groups is 1. The molecule has 0 fully saturated rings. The lowest BCUT2D eigenvalue weighted by Gasteiger charge is -2.13. The lowest BCUT2D eigenvalue weighted by Crippen LogP contribution is -2.18. The number of aromatic amines is 1. The van der Waals surface area contributed by atoms with Crippen molar-refractivity contribution < 1.29 is 36.1 Å². The summed E-state index contributed by atoms with van der Waals surface area (Å²) in [5, 5.41) is 3.22. The zero-order chi connectivity index (χ0) is 26.8. The smallest absolute Gasteiger partial charge is 0.331 e. The molecule has 2 N–H and O–H groups in total. The van der Waals surface area contributed by atoms with Gasteiger partial charge < -0.3 is 14.8 Å². The first-order chi connectivity index (χ1) is 17.4. The number of nitrogens with one attached hydrogen (secondary N) is 2. The van der Waals surface area contributed by atoms with Crippen molar-refractivity contribution in [2.75, 3.05) is 17.8 Å². The van der Waals surface area contributed by atoms with Gasteiger partial charge in [0.1, 0.15) is 23.0 Å². The summed E-state index contributed by atoms with van der Waals surface area (Å²) >= 11 is 1.31. The molecule has 0 unspecified atom stereocenters. The summed E-state index contributed by atoms with van der Waals surface area (Å²) in [7, 11) is -6.71. The largest absolute Gasteiger partial charge is 0.457 e. The van der Waals surface area contributed by atoms with Crippen LogP contribution in [0, 0.1) is 6.92 Å². The molecule has 3 aromatic carbocycles. The summed E-state index contributed by atoms with van der Waals surface area (Å²) in [4.78, 5) is 16.9. The highest BCUT2D eigenvalue weighted by Gasteiger charge is 2.18. The van der Waals surface area contributed by atoms with E-state index in [4.69, 9.17) is 9.47 Å². The fourth-order valence-electron chi connectivity index (χ4n) is 3.23. The second kappa shape index (κ2) is 10.3. The van der Waals surface area contributed by atoms with Gasteiger partial charge in [0.2, 0.25) is 0 Å². The number of hydrogen-bond donors (Lipinski definition) is 1. The average molecular weight is 560 g/mol. The first kappa shape index (κ1) is 26.3. The van der Waals surface area contributed by atoms with E-state index in [1.807, 2.05) is 6.92 Å². The normalized spacial score (nSPS) is 11.6. The standard InChI is InChI=1S/C25H22N2O7S3/c1-16-15-26-25(35-16)24(28)27-17-12-20(33-18-4-8-22(9-5-18)36(2,29)30)14-21(13-17)34-19-6-10-23(11-7-19)37(3,31)32/h4-15H,1-3H3,(H,27,28)/p+1. The van der Waals surface area contributed by atoms with E-state index in [9.17, 15) is 21.6 Å². The van der Waals surface area contributed by atoms with Crippen molar-refractivity contribution in [3.05, 3.63) is 82.8 Å². The molecule has 0 spiro atoms. The number of sulfone groups is 2. The minimum absolute atomic E-state index is 0.157. The minimum atomic E-state index is -3.35. The molecule has 0 saturated heterocycles. The van der Waals surface area contributed by atoms with E-state index in [0.717, 1.165) is 17.4 Å². The zero-order valence-corrected chi connectivity index (χ0v) is 22.5. The number of hydrogen-bond acceptors (Lipinski definition) is 8. The van der Waals surface area contributed by atoms with E-state index in [-0.39, 0.29) is 15.7 Å². The van der Waals surface area contributed by atoms with Gasteiger partial charge in [0, 0.05) is 36.4 Å². The van der Waals surface area contributed by atoms with Gasteiger partial charge in [-0.05, 0) is 55.5 Å². The molecule has 1 heterocycles. The van der Waals surface area contributed by atoms with Crippen LogP contribution in [0.1, 0.15) is 14.7 Å². The first-order valence-electron chi connectivity index (χ1n) is 10.8. The Morgan fingerprint density at radius 1 is 0.757 bits per heavy atom. The molecule has 12 heteroatoms. The Hall–Kier alpha value is -3.74. The van der Waals surface area contributed by atoms with Crippen molar-refractivity contribution in [1.29, 1.82) is 0 Å². The molecule has 1 aromatic heterocycles. The molecule has 37 heavy (non-hydrogen) atoms. The topological polar surface area (TPSA) is 130 Å². The Morgan fingerprint density at radius 2 is 1.22 bits per heavy atom. The van der Waals surface area contributed by atoms with Gasteiger partial charge in [-0.15, -0.1) is 0 Å². The summed E-state index contributed by atoms with van der Waals surface area (Å²) in [5.74, 6) is 1.04. The molecule has 0 aliphatic rings. The fraction of sp³-hybridized carbons (Fsp3) is 0.120. The number of anilines is 1. The summed E-state index contributed by atoms with van der Waals surface area (Å²) in [6.45, 7) is 1.88. The van der Waals surface area contributed by atoms with Crippen molar-refractivity contribution >= 4 is 42.6 Å². The van der Waals surface area contributed by atoms with Crippen LogP contribution in [0.5, 0.6) is 23.0 Å². The lowest BCUT2D eigenvalue weighted by atomic mass is 10.2. The minimum Gasteiger partial charge on any atom is -0.457 e. The van der Waals surface area contributed by atoms with Crippen LogP contribution in [0.25, 0.3) is 0 Å². The maximum atomic E-state index is 12.7. The number of carbonyl (C=O) groups excluding carboxylic acids is 1. The maximum Gasteiger partial charge on any atom is 0.331 e. The van der Waals surface area contributed by atoms with Crippen LogP contribution < -0.4 is 19.8 Å². The second-order valence-corrected chi connectivity index (χ2v) is 13.5. The third-order valence-electron chi connectivity index (χ3n) is 4.99. The van der Waals surface area contributed by atoms with Crippen LogP contribution in [-0.4, -0.2) is 35.3 Å². The van der Waals surface area contributed by atoms with Crippen LogP contribution in [0.2, 0.25) is 0 Å². The van der Waals surface area contributed by atoms with Crippen molar-refractivity contribution in [2.24, 2.45) is 0 Å². The Morgan fingerprint density at radius 3 is 1.59 bits per heavy atom. The molecule has 192 valence electrons. The molecular weight excluding hydrogens is 536 g/mol. The summed E-state index contributed by atoms with van der Waals surface area (Å²) < 4.78 is 58.7. The highest BCUT2D eigenvalue weighted by Crippen LogP contribution is 2.33. The monoisotopic (exact) mass is 559 g/mol. The van der Waals surface area contributed by atoms with Gasteiger partial charge in [0.15, 0.2) is 25.9 Å². The predicted octanol–water partition coefficient (Wildman–Crippen LogP) is 4.51. The van der Waals surface area contributed by atoms with Gasteiger partial charge in [-0.1, -0.05) is 11.3 Å². The van der Waals surface area contributed by atoms with Crippen molar-refractivity contribution in [1.82, 2.24) is 0 Å². The third-order valence-corrected chi connectivity index (χ3v) is 8.19. The maximum absolute atomic E-state index is 12.7. The number of H-pyrrole nitrogens is 1. The molecule has 0 bridgehead atoms. The molecule has 9 nitrogen and oxygen atoms in total. The number of amides is 1. The fourth-order valence-corrected chi connectivity index (χ4v) is 5.19. The molecule has 4 aromatic rings. The molecule has 1 amide bonds. The van der Waals surface area contributed by atoms with E-state index in [2.05, 4.69) is 10.3 Å². The van der Waals surface area contributed by atoms with Crippen LogP contribution in [0.15, 0.2) is 82.7 Å². The van der Waals surface area contributed by atoms with E-state index in [1.54, 1.807) is 24.4 Å². The third kappa shape index (κ3) is 6.94. The predicted molar refractivity (Wildman–Crippen MR) is 139 cm³/mol. The number of aromatic nitrogens is 1. The van der Waals surface area contributed by atoms with Gasteiger partial charge in [-0.2, -0.15) is 4.98 Å². The average Bonchev–Trinajstić information content (AvgIpc) is 3.25. The Balaban J connectivity index is 1.63. The Kier molecular flexibility index (Phi) is 7.35. The van der Waals surface area contributed by atoms with Crippen molar-refractivity contribution in [2.45, 2.75) is 16.7 Å². The molecule has 0 saturated carbocycles.